The van der Waals surface area contributed by atoms with Gasteiger partial charge in [0.25, 0.3) is 5.69 Å². The zero-order chi connectivity index (χ0) is 40.7. The molecule has 7 rings (SSSR count). The summed E-state index contributed by atoms with van der Waals surface area (Å²) in [5.41, 5.74) is 0.607. The molecule has 1 aromatic heterocycles. The summed E-state index contributed by atoms with van der Waals surface area (Å²) in [6.45, 7) is 1.42. The van der Waals surface area contributed by atoms with Crippen molar-refractivity contribution in [3.63, 3.8) is 0 Å². The summed E-state index contributed by atoms with van der Waals surface area (Å²) >= 11 is 0. The van der Waals surface area contributed by atoms with Gasteiger partial charge < -0.3 is 25.0 Å². The number of rotatable bonds is 9. The van der Waals surface area contributed by atoms with Gasteiger partial charge in [0.2, 0.25) is 0 Å². The number of nitro benzene ring substituents is 1. The summed E-state index contributed by atoms with van der Waals surface area (Å²) in [7, 11) is -4.74. The molecular weight excluding hydrogens is 857 g/mol. The molecule has 0 saturated heterocycles. The van der Waals surface area contributed by atoms with Crippen LogP contribution in [0.5, 0.6) is 23.1 Å². The van der Waals surface area contributed by atoms with Crippen LogP contribution < -0.4 is 79.5 Å². The second-order valence-corrected chi connectivity index (χ2v) is 13.1. The molecule has 0 bridgehead atoms. The third-order valence-corrected chi connectivity index (χ3v) is 8.68. The smallest absolute Gasteiger partial charge is 0.871 e. The van der Waals surface area contributed by atoms with E-state index in [1.807, 2.05) is 48.5 Å². The topological polar surface area (TPSA) is 285 Å². The molecule has 6 aromatic carbocycles. The molecule has 0 unspecified atom stereocenters. The Labute approximate surface area is 396 Å². The van der Waals surface area contributed by atoms with Crippen molar-refractivity contribution in [1.29, 1.82) is 0 Å². The van der Waals surface area contributed by atoms with Crippen molar-refractivity contribution < 1.29 is 115 Å². The van der Waals surface area contributed by atoms with Crippen LogP contribution in [0.4, 0.5) is 39.8 Å². The largest absolute Gasteiger partial charge is 3.00 e. The number of benzene rings is 6. The number of aryl methyl sites for hydroxylation is 1. The van der Waals surface area contributed by atoms with Crippen molar-refractivity contribution in [1.82, 2.24) is 9.78 Å². The fraction of sp³-hybridized carbons (Fsp3) is 0.0263. The third-order valence-electron chi connectivity index (χ3n) is 7.85. The van der Waals surface area contributed by atoms with E-state index >= 15 is 0 Å². The third kappa shape index (κ3) is 12.1. The fourth-order valence-corrected chi connectivity index (χ4v) is 5.57. The molecule has 0 N–H and O–H groups in total. The maximum atomic E-state index is 12.6. The van der Waals surface area contributed by atoms with Crippen molar-refractivity contribution >= 4 is 60.7 Å². The first-order valence-corrected chi connectivity index (χ1v) is 17.8. The van der Waals surface area contributed by atoms with E-state index in [0.717, 1.165) is 40.4 Å². The van der Waals surface area contributed by atoms with E-state index < -0.39 is 31.6 Å². The van der Waals surface area contributed by atoms with Crippen LogP contribution in [-0.2, 0) is 27.5 Å². The van der Waals surface area contributed by atoms with E-state index in [9.17, 15) is 43.5 Å². The average molecular weight is 881 g/mol. The van der Waals surface area contributed by atoms with Crippen molar-refractivity contribution in [2.45, 2.75) is 11.8 Å². The van der Waals surface area contributed by atoms with Crippen molar-refractivity contribution in [3.05, 3.63) is 143 Å². The van der Waals surface area contributed by atoms with E-state index in [0.29, 0.717) is 16.8 Å². The molecule has 0 aliphatic heterocycles. The predicted octanol–water partition coefficient (Wildman–Crippen LogP) is 1.38. The van der Waals surface area contributed by atoms with Crippen molar-refractivity contribution in [2.75, 3.05) is 0 Å². The van der Waals surface area contributed by atoms with Gasteiger partial charge >= 0.3 is 76.5 Å². The van der Waals surface area contributed by atoms with E-state index in [4.69, 9.17) is 0 Å². The van der Waals surface area contributed by atoms with Crippen LogP contribution in [0.3, 0.4) is 0 Å². The van der Waals surface area contributed by atoms with Crippen molar-refractivity contribution in [2.24, 2.45) is 30.7 Å². The number of hydrogen-bond acceptors (Lipinski definition) is 16. The molecule has 18 nitrogen and oxygen atoms in total. The summed E-state index contributed by atoms with van der Waals surface area (Å²) in [4.78, 5) is 9.55. The van der Waals surface area contributed by atoms with Crippen LogP contribution in [0.2, 0.25) is 0 Å². The van der Waals surface area contributed by atoms with Crippen LogP contribution >= 0.6 is 0 Å². The molecule has 0 aliphatic carbocycles. The molecule has 0 spiro atoms. The van der Waals surface area contributed by atoms with E-state index in [-0.39, 0.29) is 128 Å². The Morgan fingerprint density at radius 3 is 1.90 bits per heavy atom. The van der Waals surface area contributed by atoms with Gasteiger partial charge in [-0.25, -0.2) is 13.1 Å². The Balaban J connectivity index is 0.000000305. The first-order valence-electron chi connectivity index (χ1n) is 16.4. The first kappa shape index (κ1) is 49.0. The van der Waals surface area contributed by atoms with Gasteiger partial charge in [0.1, 0.15) is 15.8 Å². The average Bonchev–Trinajstić information content (AvgIpc) is 3.49. The molecular formula is C38H24CrN9Na2O9S. The molecule has 7 aromatic rings. The van der Waals surface area contributed by atoms with Crippen LogP contribution in [0.1, 0.15) is 5.69 Å². The Morgan fingerprint density at radius 1 is 0.617 bits per heavy atom. The minimum absolute atomic E-state index is 0. The van der Waals surface area contributed by atoms with Gasteiger partial charge in [0.15, 0.2) is 0 Å². The normalized spacial score (nSPS) is 11.1. The molecule has 0 atom stereocenters. The number of hydrogen-bond donors (Lipinski definition) is 0. The summed E-state index contributed by atoms with van der Waals surface area (Å²) in [5.74, 6) is -1.99. The molecule has 0 saturated carbocycles. The number of nitrogens with zero attached hydrogens (tertiary/aromatic N) is 9. The zero-order valence-corrected chi connectivity index (χ0v) is 37.7. The Hall–Kier alpha value is -5.37. The van der Waals surface area contributed by atoms with Crippen LogP contribution in [-0.4, -0.2) is 27.7 Å². The van der Waals surface area contributed by atoms with E-state index in [1.165, 1.54) is 37.3 Å². The van der Waals surface area contributed by atoms with Gasteiger partial charge in [-0.05, 0) is 54.8 Å². The van der Waals surface area contributed by atoms with Crippen LogP contribution in [0.25, 0.3) is 16.5 Å². The SMILES string of the molecule is Cc1nn(-c2cccc(S(=O)(=O)[O-])c2)c([O-])c1N=Nc1cc([N+](=O)[O-])ccc1[O-].[Cr+3].[Na+].[Na+].[O-]c1ccc(N=Nc2ccccc2)cc1N=Nc1c([O-])ccc2ccccc12. The Kier molecular flexibility index (Phi) is 17.8. The molecule has 0 amide bonds. The Morgan fingerprint density at radius 2 is 1.22 bits per heavy atom. The number of fused-ring (bicyclic) bond motifs is 1. The quantitative estimate of drug-likeness (QED) is 0.0660. The minimum atomic E-state index is -4.74. The van der Waals surface area contributed by atoms with Crippen molar-refractivity contribution in [3.8, 4) is 28.8 Å². The van der Waals surface area contributed by atoms with Gasteiger partial charge in [-0.3, -0.25) is 10.1 Å². The standard InChI is InChI=1S/C22H16N4O2.C16H13N5O7S.Cr.2Na/c27-20-13-11-17(24-23-16-7-2-1-3-8-16)14-19(20)25-26-22-18-9-5-4-6-15(18)10-12-21(22)28;1-9-15(18-17-13-8-11(21(24)25)5-6-14(13)22)16(23)20(19-9)10-3-2-4-12(7-10)29(26,27)28;;;/h1-14,27-28H;2-8,22-23H,1H3,(H,26,27,28);;;/q;;+3;2*+1/p-5. The summed E-state index contributed by atoms with van der Waals surface area (Å²) in [6.07, 6.45) is 0. The van der Waals surface area contributed by atoms with Gasteiger partial charge in [0.05, 0.1) is 49.6 Å². The van der Waals surface area contributed by atoms with Gasteiger partial charge in [-0.15, -0.1) is 5.11 Å². The Bertz CT molecular complexity index is 2850. The molecule has 0 aliphatic rings. The van der Waals surface area contributed by atoms with Gasteiger partial charge in [-0.1, -0.05) is 90.0 Å². The van der Waals surface area contributed by atoms with Crippen LogP contribution in [0, 0.1) is 17.0 Å². The maximum Gasteiger partial charge on any atom is 3.00 e. The molecule has 1 heterocycles. The zero-order valence-electron chi connectivity index (χ0n) is 31.6. The molecule has 289 valence electrons. The minimum Gasteiger partial charge on any atom is -0.871 e. The number of aromatic nitrogens is 2. The summed E-state index contributed by atoms with van der Waals surface area (Å²) < 4.78 is 34.3. The fourth-order valence-electron chi connectivity index (χ4n) is 5.06. The maximum absolute atomic E-state index is 12.6. The molecule has 1 radical (unpaired) electrons. The van der Waals surface area contributed by atoms with Crippen LogP contribution in [0.15, 0.2) is 163 Å². The second kappa shape index (κ2) is 21.8. The summed E-state index contributed by atoms with van der Waals surface area (Å²) in [5, 5.41) is 88.6. The van der Waals surface area contributed by atoms with E-state index in [2.05, 4.69) is 35.8 Å². The molecule has 0 fully saturated rings. The number of azo groups is 3. The molecule has 60 heavy (non-hydrogen) atoms. The van der Waals surface area contributed by atoms with E-state index in [1.54, 1.807) is 18.2 Å². The number of nitro groups is 1. The molecule has 22 heteroatoms. The first-order chi connectivity index (χ1) is 27.3. The van der Waals surface area contributed by atoms with Gasteiger partial charge in [0, 0.05) is 23.4 Å². The summed E-state index contributed by atoms with van der Waals surface area (Å²) in [6, 6.07) is 31.8. The predicted molar refractivity (Wildman–Crippen MR) is 197 cm³/mol. The van der Waals surface area contributed by atoms with Gasteiger partial charge in [-0.2, -0.15) is 30.7 Å². The second-order valence-electron chi connectivity index (χ2n) is 11.7. The number of non-ortho nitro benzene ring substituents is 1. The monoisotopic (exact) mass is 880 g/mol.